The number of hydrogen-bond acceptors (Lipinski definition) is 7. The molecule has 13 nitrogen and oxygen atoms in total. The molecule has 7 rings (SSSR count). The van der Waals surface area contributed by atoms with Gasteiger partial charge in [0.25, 0.3) is 5.91 Å². The fraction of sp³-hybridized carbons (Fsp3) is 0.351. The van der Waals surface area contributed by atoms with Crippen molar-refractivity contribution in [1.82, 2.24) is 45.0 Å². The Labute approximate surface area is 289 Å². The van der Waals surface area contributed by atoms with Crippen molar-refractivity contribution in [2.24, 2.45) is 5.92 Å². The first-order valence-corrected chi connectivity index (χ1v) is 17.1. The summed E-state index contributed by atoms with van der Waals surface area (Å²) in [5, 5.41) is 2.69. The highest BCUT2D eigenvalue weighted by atomic mass is 16.5. The first-order chi connectivity index (χ1) is 24.3. The van der Waals surface area contributed by atoms with Crippen LogP contribution in [-0.2, 0) is 9.53 Å². The molecule has 0 aliphatic carbocycles. The number of amides is 3. The number of nitrogens with zero attached hydrogens (tertiary/aromatic N) is 5. The van der Waals surface area contributed by atoms with Crippen molar-refractivity contribution >= 4 is 17.9 Å². The van der Waals surface area contributed by atoms with Gasteiger partial charge in [0.2, 0.25) is 5.91 Å². The number of hydrogen-bond donors (Lipinski definition) is 4. The molecule has 2 aliphatic heterocycles. The van der Waals surface area contributed by atoms with Gasteiger partial charge in [0.1, 0.15) is 23.4 Å². The molecule has 3 amide bonds. The molecule has 2 aromatic carbocycles. The van der Waals surface area contributed by atoms with Gasteiger partial charge in [0.05, 0.1) is 55.5 Å². The Bertz CT molecular complexity index is 1950. The third-order valence-corrected chi connectivity index (χ3v) is 9.72. The zero-order valence-corrected chi connectivity index (χ0v) is 28.3. The van der Waals surface area contributed by atoms with Gasteiger partial charge in [0, 0.05) is 13.1 Å². The minimum absolute atomic E-state index is 0.0649. The van der Waals surface area contributed by atoms with Gasteiger partial charge in [-0.15, -0.1) is 0 Å². The minimum atomic E-state index is -0.677. The summed E-state index contributed by atoms with van der Waals surface area (Å²) in [4.78, 5) is 65.2. The van der Waals surface area contributed by atoms with Gasteiger partial charge in [0.15, 0.2) is 0 Å². The summed E-state index contributed by atoms with van der Waals surface area (Å²) < 4.78 is 4.75. The standard InChI is InChI=1S/C37H41N9O4/c1-22(2)32(44-37(49)50-3)36(48)46-17-5-7-31(46)34-40-20-28(43-34)26-14-10-24(11-15-26)23-8-12-25(13-9-23)27-19-39-33(42-27)30-6-4-16-45(30)35(47)29-18-38-21-41-29/h8-15,18-22,30-32H,4-7,16-17H2,1-3H3,(H,38,41)(H,39,42)(H,40,43)(H,44,49)/t30-,31-,32-/m0/s1. The van der Waals surface area contributed by atoms with E-state index in [9.17, 15) is 14.4 Å². The molecule has 50 heavy (non-hydrogen) atoms. The Balaban J connectivity index is 1.01. The van der Waals surface area contributed by atoms with Crippen LogP contribution in [0.2, 0.25) is 0 Å². The van der Waals surface area contributed by atoms with Crippen molar-refractivity contribution in [3.05, 3.63) is 90.8 Å². The molecule has 2 saturated heterocycles. The molecular weight excluding hydrogens is 634 g/mol. The summed E-state index contributed by atoms with van der Waals surface area (Å²) in [5.74, 6) is 1.23. The topological polar surface area (TPSA) is 165 Å². The lowest BCUT2D eigenvalue weighted by Crippen LogP contribution is -2.51. The van der Waals surface area contributed by atoms with Crippen LogP contribution in [0.3, 0.4) is 0 Å². The normalized spacial score (nSPS) is 18.1. The lowest BCUT2D eigenvalue weighted by atomic mass is 10.0. The number of H-pyrrole nitrogens is 3. The number of aromatic nitrogens is 6. The summed E-state index contributed by atoms with van der Waals surface area (Å²) in [6.07, 6.45) is 9.53. The number of alkyl carbamates (subject to hydrolysis) is 1. The SMILES string of the molecule is COC(=O)N[C@H](C(=O)N1CCC[C@H]1c1ncc(-c2ccc(-c3ccc(-c4cnc([C@@H]5CCCN5C(=O)c5cnc[nH]5)[nH]4)cc3)cc2)[nH]1)C(C)C. The molecule has 3 aromatic heterocycles. The fourth-order valence-electron chi connectivity index (χ4n) is 7.00. The van der Waals surface area contributed by atoms with E-state index < -0.39 is 12.1 Å². The average molecular weight is 676 g/mol. The number of likely N-dealkylation sites (tertiary alicyclic amines) is 2. The van der Waals surface area contributed by atoms with Gasteiger partial charge in [-0.25, -0.2) is 19.7 Å². The second kappa shape index (κ2) is 14.0. The van der Waals surface area contributed by atoms with Gasteiger partial charge < -0.3 is 34.8 Å². The van der Waals surface area contributed by atoms with Crippen LogP contribution in [0.15, 0.2) is 73.4 Å². The number of rotatable bonds is 9. The Morgan fingerprint density at radius 2 is 1.30 bits per heavy atom. The van der Waals surface area contributed by atoms with E-state index in [4.69, 9.17) is 4.74 Å². The van der Waals surface area contributed by atoms with E-state index in [-0.39, 0.29) is 29.8 Å². The van der Waals surface area contributed by atoms with E-state index in [1.807, 2.05) is 36.0 Å². The molecule has 0 spiro atoms. The zero-order valence-electron chi connectivity index (χ0n) is 28.3. The van der Waals surface area contributed by atoms with Crippen LogP contribution in [0.5, 0.6) is 0 Å². The highest BCUT2D eigenvalue weighted by molar-refractivity contribution is 5.92. The molecule has 5 heterocycles. The second-order valence-electron chi connectivity index (χ2n) is 13.2. The number of aromatic amines is 3. The van der Waals surface area contributed by atoms with Crippen LogP contribution in [-0.4, -0.2) is 83.9 Å². The molecule has 5 aromatic rings. The number of carbonyl (C=O) groups excluding carboxylic acids is 3. The lowest BCUT2D eigenvalue weighted by molar-refractivity contribution is -0.135. The Hall–Kier alpha value is -5.72. The van der Waals surface area contributed by atoms with Gasteiger partial charge in [-0.05, 0) is 53.9 Å². The van der Waals surface area contributed by atoms with Crippen molar-refractivity contribution in [2.75, 3.05) is 20.2 Å². The molecule has 2 fully saturated rings. The second-order valence-corrected chi connectivity index (χ2v) is 13.2. The molecule has 0 saturated carbocycles. The predicted octanol–water partition coefficient (Wildman–Crippen LogP) is 5.88. The molecule has 258 valence electrons. The van der Waals surface area contributed by atoms with Crippen LogP contribution >= 0.6 is 0 Å². The number of imidazole rings is 3. The van der Waals surface area contributed by atoms with E-state index in [0.717, 1.165) is 71.0 Å². The number of methoxy groups -OCH3 is 1. The molecule has 2 aliphatic rings. The molecule has 0 bridgehead atoms. The molecular formula is C37H41N9O4. The van der Waals surface area contributed by atoms with E-state index in [1.54, 1.807) is 6.20 Å². The van der Waals surface area contributed by atoms with E-state index in [0.29, 0.717) is 18.8 Å². The summed E-state index contributed by atoms with van der Waals surface area (Å²) in [6, 6.07) is 15.7. The molecule has 13 heteroatoms. The first-order valence-electron chi connectivity index (χ1n) is 17.1. The molecule has 3 atom stereocenters. The highest BCUT2D eigenvalue weighted by Gasteiger charge is 2.37. The number of benzene rings is 2. The van der Waals surface area contributed by atoms with Gasteiger partial charge in [-0.2, -0.15) is 0 Å². The van der Waals surface area contributed by atoms with Crippen molar-refractivity contribution in [3.63, 3.8) is 0 Å². The van der Waals surface area contributed by atoms with E-state index in [1.165, 1.54) is 13.4 Å². The molecule has 4 N–H and O–H groups in total. The number of carbonyl (C=O) groups is 3. The van der Waals surface area contributed by atoms with Crippen LogP contribution < -0.4 is 5.32 Å². The summed E-state index contributed by atoms with van der Waals surface area (Å²) in [5.41, 5.74) is 6.42. The molecule has 0 radical (unpaired) electrons. The largest absolute Gasteiger partial charge is 0.453 e. The number of ether oxygens (including phenoxy) is 1. The van der Waals surface area contributed by atoms with Crippen LogP contribution in [0.4, 0.5) is 4.79 Å². The van der Waals surface area contributed by atoms with Crippen molar-refractivity contribution in [2.45, 2.75) is 57.7 Å². The third-order valence-electron chi connectivity index (χ3n) is 9.72. The van der Waals surface area contributed by atoms with Crippen molar-refractivity contribution < 1.29 is 19.1 Å². The fourth-order valence-corrected chi connectivity index (χ4v) is 7.00. The van der Waals surface area contributed by atoms with Crippen LogP contribution in [0.1, 0.15) is 73.8 Å². The predicted molar refractivity (Wildman–Crippen MR) is 186 cm³/mol. The van der Waals surface area contributed by atoms with E-state index >= 15 is 0 Å². The molecule has 0 unspecified atom stereocenters. The monoisotopic (exact) mass is 675 g/mol. The average Bonchev–Trinajstić information content (AvgIpc) is 3.99. The van der Waals surface area contributed by atoms with Gasteiger partial charge >= 0.3 is 6.09 Å². The smallest absolute Gasteiger partial charge is 0.407 e. The maximum Gasteiger partial charge on any atom is 0.407 e. The van der Waals surface area contributed by atoms with Gasteiger partial charge in [-0.3, -0.25) is 9.59 Å². The third kappa shape index (κ3) is 6.50. The Morgan fingerprint density at radius 1 is 0.780 bits per heavy atom. The van der Waals surface area contributed by atoms with E-state index in [2.05, 4.69) is 83.8 Å². The number of nitrogens with one attached hydrogen (secondary N) is 4. The quantitative estimate of drug-likeness (QED) is 0.152. The highest BCUT2D eigenvalue weighted by Crippen LogP contribution is 2.35. The minimum Gasteiger partial charge on any atom is -0.453 e. The van der Waals surface area contributed by atoms with Crippen molar-refractivity contribution in [1.29, 1.82) is 0 Å². The lowest BCUT2D eigenvalue weighted by Gasteiger charge is -2.30. The maximum atomic E-state index is 13.5. The maximum absolute atomic E-state index is 13.5. The zero-order chi connectivity index (χ0) is 34.8. The van der Waals surface area contributed by atoms with Crippen LogP contribution in [0, 0.1) is 5.92 Å². The Morgan fingerprint density at radius 3 is 1.80 bits per heavy atom. The Kier molecular flexibility index (Phi) is 9.20. The van der Waals surface area contributed by atoms with Crippen molar-refractivity contribution in [3.8, 4) is 33.6 Å². The summed E-state index contributed by atoms with van der Waals surface area (Å²) >= 11 is 0. The van der Waals surface area contributed by atoms with Gasteiger partial charge in [-0.1, -0.05) is 62.4 Å². The summed E-state index contributed by atoms with van der Waals surface area (Å²) in [6.45, 7) is 5.10. The summed E-state index contributed by atoms with van der Waals surface area (Å²) in [7, 11) is 1.29. The first kappa shape index (κ1) is 32.8. The van der Waals surface area contributed by atoms with Crippen LogP contribution in [0.25, 0.3) is 33.6 Å².